The van der Waals surface area contributed by atoms with E-state index in [1.54, 1.807) is 0 Å². The first kappa shape index (κ1) is 8.82. The summed E-state index contributed by atoms with van der Waals surface area (Å²) in [4.78, 5) is 0. The van der Waals surface area contributed by atoms with Crippen molar-refractivity contribution in [2.24, 2.45) is 0 Å². The van der Waals surface area contributed by atoms with E-state index in [0.717, 1.165) is 17.1 Å². The molecule has 0 amide bonds. The predicted octanol–water partition coefficient (Wildman–Crippen LogP) is 3.59. The van der Waals surface area contributed by atoms with Gasteiger partial charge in [-0.05, 0) is 36.8 Å². The zero-order chi connectivity index (χ0) is 9.80. The summed E-state index contributed by atoms with van der Waals surface area (Å²) in [5, 5.41) is 0. The van der Waals surface area contributed by atoms with E-state index in [4.69, 9.17) is 4.74 Å². The van der Waals surface area contributed by atoms with Crippen molar-refractivity contribution >= 4 is 0 Å². The summed E-state index contributed by atoms with van der Waals surface area (Å²) in [6.45, 7) is 2.03. The minimum atomic E-state index is 0.821. The van der Waals surface area contributed by atoms with E-state index in [2.05, 4.69) is 6.07 Å². The SMILES string of the molecule is Cc1ccccc1Oc1c[c]ccc1. The maximum absolute atomic E-state index is 5.68. The lowest BCUT2D eigenvalue weighted by Gasteiger charge is -2.07. The first-order valence-corrected chi connectivity index (χ1v) is 4.56. The molecule has 0 aromatic heterocycles. The molecule has 2 rings (SSSR count). The third kappa shape index (κ3) is 1.94. The third-order valence-corrected chi connectivity index (χ3v) is 2.00. The molecule has 0 aliphatic heterocycles. The van der Waals surface area contributed by atoms with Gasteiger partial charge in [-0.2, -0.15) is 0 Å². The quantitative estimate of drug-likeness (QED) is 0.691. The van der Waals surface area contributed by atoms with Gasteiger partial charge in [0.25, 0.3) is 0 Å². The topological polar surface area (TPSA) is 9.23 Å². The average molecular weight is 183 g/mol. The zero-order valence-corrected chi connectivity index (χ0v) is 8.03. The Morgan fingerprint density at radius 1 is 1.07 bits per heavy atom. The van der Waals surface area contributed by atoms with Crippen LogP contribution >= 0.6 is 0 Å². The number of hydrogen-bond acceptors (Lipinski definition) is 1. The largest absolute Gasteiger partial charge is 0.457 e. The summed E-state index contributed by atoms with van der Waals surface area (Å²) in [6, 6.07) is 18.4. The Balaban J connectivity index is 2.24. The molecule has 1 nitrogen and oxygen atoms in total. The fraction of sp³-hybridized carbons (Fsp3) is 0.0769. The van der Waals surface area contributed by atoms with Crippen LogP contribution in [-0.2, 0) is 0 Å². The molecule has 0 fully saturated rings. The highest BCUT2D eigenvalue weighted by molar-refractivity contribution is 5.36. The number of rotatable bonds is 2. The van der Waals surface area contributed by atoms with Crippen LogP contribution in [0.1, 0.15) is 5.56 Å². The molecule has 0 bridgehead atoms. The van der Waals surface area contributed by atoms with Crippen molar-refractivity contribution in [1.29, 1.82) is 0 Å². The van der Waals surface area contributed by atoms with Gasteiger partial charge in [0.1, 0.15) is 11.5 Å². The highest BCUT2D eigenvalue weighted by atomic mass is 16.5. The van der Waals surface area contributed by atoms with E-state index < -0.39 is 0 Å². The van der Waals surface area contributed by atoms with Crippen molar-refractivity contribution in [3.05, 3.63) is 60.2 Å². The maximum Gasteiger partial charge on any atom is 0.130 e. The van der Waals surface area contributed by atoms with Crippen LogP contribution < -0.4 is 4.74 Å². The van der Waals surface area contributed by atoms with Crippen molar-refractivity contribution in [3.8, 4) is 11.5 Å². The van der Waals surface area contributed by atoms with Crippen molar-refractivity contribution in [2.75, 3.05) is 0 Å². The standard InChI is InChI=1S/C13H11O/c1-11-7-5-6-10-13(11)14-12-8-3-2-4-9-12/h2-3,5-10H,1H3. The van der Waals surface area contributed by atoms with Crippen LogP contribution in [0.15, 0.2) is 48.5 Å². The van der Waals surface area contributed by atoms with Crippen molar-refractivity contribution in [3.63, 3.8) is 0 Å². The molecule has 0 unspecified atom stereocenters. The number of aryl methyl sites for hydroxylation is 1. The van der Waals surface area contributed by atoms with E-state index in [-0.39, 0.29) is 0 Å². The lowest BCUT2D eigenvalue weighted by Crippen LogP contribution is -1.85. The molecular formula is C13H11O. The molecular weight excluding hydrogens is 172 g/mol. The summed E-state index contributed by atoms with van der Waals surface area (Å²) >= 11 is 0. The molecule has 1 radical (unpaired) electrons. The first-order chi connectivity index (χ1) is 6.86. The Morgan fingerprint density at radius 3 is 2.64 bits per heavy atom. The van der Waals surface area contributed by atoms with Crippen LogP contribution in [0.3, 0.4) is 0 Å². The highest BCUT2D eigenvalue weighted by Crippen LogP contribution is 2.23. The molecule has 0 heterocycles. The Hall–Kier alpha value is -1.76. The summed E-state index contributed by atoms with van der Waals surface area (Å²) < 4.78 is 5.68. The van der Waals surface area contributed by atoms with Gasteiger partial charge in [0.05, 0.1) is 0 Å². The van der Waals surface area contributed by atoms with Crippen molar-refractivity contribution in [1.82, 2.24) is 0 Å². The van der Waals surface area contributed by atoms with E-state index in [0.29, 0.717) is 0 Å². The van der Waals surface area contributed by atoms with Crippen molar-refractivity contribution in [2.45, 2.75) is 6.92 Å². The lowest BCUT2D eigenvalue weighted by atomic mass is 10.2. The Kier molecular flexibility index (Phi) is 2.50. The molecule has 1 heteroatoms. The molecule has 14 heavy (non-hydrogen) atoms. The summed E-state index contributed by atoms with van der Waals surface area (Å²) in [5.74, 6) is 1.72. The van der Waals surface area contributed by atoms with Gasteiger partial charge in [0.15, 0.2) is 0 Å². The van der Waals surface area contributed by atoms with Gasteiger partial charge in [-0.15, -0.1) is 0 Å². The van der Waals surface area contributed by atoms with Gasteiger partial charge < -0.3 is 4.74 Å². The van der Waals surface area contributed by atoms with Crippen LogP contribution in [0.4, 0.5) is 0 Å². The van der Waals surface area contributed by atoms with Crippen LogP contribution in [0.5, 0.6) is 11.5 Å². The third-order valence-electron chi connectivity index (χ3n) is 2.00. The van der Waals surface area contributed by atoms with Gasteiger partial charge in [-0.1, -0.05) is 30.3 Å². The molecule has 0 N–H and O–H groups in total. The van der Waals surface area contributed by atoms with E-state index in [1.165, 1.54) is 0 Å². The second-order valence-corrected chi connectivity index (χ2v) is 3.11. The molecule has 2 aromatic carbocycles. The second-order valence-electron chi connectivity index (χ2n) is 3.11. The first-order valence-electron chi connectivity index (χ1n) is 4.56. The van der Waals surface area contributed by atoms with Gasteiger partial charge in [0.2, 0.25) is 0 Å². The fourth-order valence-corrected chi connectivity index (χ4v) is 1.24. The Labute approximate surface area is 84.0 Å². The average Bonchev–Trinajstić information content (AvgIpc) is 2.23. The van der Waals surface area contributed by atoms with Crippen molar-refractivity contribution < 1.29 is 4.74 Å². The monoisotopic (exact) mass is 183 g/mol. The predicted molar refractivity (Wildman–Crippen MR) is 56.5 cm³/mol. The summed E-state index contributed by atoms with van der Waals surface area (Å²) in [6.07, 6.45) is 0. The van der Waals surface area contributed by atoms with E-state index in [9.17, 15) is 0 Å². The van der Waals surface area contributed by atoms with Gasteiger partial charge >= 0.3 is 0 Å². The van der Waals surface area contributed by atoms with Gasteiger partial charge in [-0.25, -0.2) is 0 Å². The molecule has 0 saturated heterocycles. The Morgan fingerprint density at radius 2 is 1.93 bits per heavy atom. The maximum atomic E-state index is 5.68. The van der Waals surface area contributed by atoms with Crippen LogP contribution in [0.25, 0.3) is 0 Å². The van der Waals surface area contributed by atoms with Gasteiger partial charge in [0, 0.05) is 0 Å². The Bertz CT molecular complexity index is 407. The minimum absolute atomic E-state index is 0.821. The molecule has 0 saturated carbocycles. The summed E-state index contributed by atoms with van der Waals surface area (Å²) in [7, 11) is 0. The molecule has 0 atom stereocenters. The minimum Gasteiger partial charge on any atom is -0.457 e. The molecule has 0 aliphatic rings. The second kappa shape index (κ2) is 3.97. The molecule has 2 aromatic rings. The number of benzene rings is 2. The van der Waals surface area contributed by atoms with Crippen LogP contribution in [0, 0.1) is 13.0 Å². The van der Waals surface area contributed by atoms with E-state index in [1.807, 2.05) is 55.5 Å². The fourth-order valence-electron chi connectivity index (χ4n) is 1.24. The number of hydrogen-bond donors (Lipinski definition) is 0. The number of para-hydroxylation sites is 1. The highest BCUT2D eigenvalue weighted by Gasteiger charge is 1.98. The molecule has 69 valence electrons. The number of ether oxygens (including phenoxy) is 1. The summed E-state index contributed by atoms with van der Waals surface area (Å²) in [5.41, 5.74) is 1.14. The smallest absolute Gasteiger partial charge is 0.130 e. The lowest BCUT2D eigenvalue weighted by molar-refractivity contribution is 0.479. The van der Waals surface area contributed by atoms with E-state index >= 15 is 0 Å². The van der Waals surface area contributed by atoms with Crippen LogP contribution in [0.2, 0.25) is 0 Å². The zero-order valence-electron chi connectivity index (χ0n) is 8.03. The molecule has 0 aliphatic carbocycles. The normalized spacial score (nSPS) is 9.79. The van der Waals surface area contributed by atoms with Crippen LogP contribution in [-0.4, -0.2) is 0 Å². The molecule has 0 spiro atoms. The van der Waals surface area contributed by atoms with Gasteiger partial charge in [-0.3, -0.25) is 0 Å².